The molecule has 3 aromatic rings. The number of benzene rings is 3. The highest BCUT2D eigenvalue weighted by molar-refractivity contribution is 6.38. The van der Waals surface area contributed by atoms with Gasteiger partial charge in [0.15, 0.2) is 0 Å². The lowest BCUT2D eigenvalue weighted by molar-refractivity contribution is -0.137. The first-order chi connectivity index (χ1) is 13.8. The number of carbonyl (C=O) groups is 1. The van der Waals surface area contributed by atoms with Gasteiger partial charge in [-0.3, -0.25) is 4.79 Å². The van der Waals surface area contributed by atoms with Gasteiger partial charge in [0.1, 0.15) is 0 Å². The van der Waals surface area contributed by atoms with Gasteiger partial charge in [0.2, 0.25) is 0 Å². The van der Waals surface area contributed by atoms with Gasteiger partial charge < -0.3 is 10.6 Å². The van der Waals surface area contributed by atoms with Crippen molar-refractivity contribution in [1.82, 2.24) is 0 Å². The molecule has 0 aromatic heterocycles. The first kappa shape index (κ1) is 19.1. The van der Waals surface area contributed by atoms with E-state index in [0.717, 1.165) is 17.7 Å². The van der Waals surface area contributed by atoms with Crippen LogP contribution in [0.3, 0.4) is 0 Å². The summed E-state index contributed by atoms with van der Waals surface area (Å²) in [5.74, 6) is -0.319. The van der Waals surface area contributed by atoms with E-state index in [1.165, 1.54) is 12.1 Å². The van der Waals surface area contributed by atoms with E-state index in [1.807, 2.05) is 30.3 Å². The van der Waals surface area contributed by atoms with Crippen molar-refractivity contribution >= 4 is 40.2 Å². The van der Waals surface area contributed by atoms with Crippen molar-refractivity contribution in [2.24, 2.45) is 0 Å². The quantitative estimate of drug-likeness (QED) is 0.494. The Kier molecular flexibility index (Phi) is 4.80. The van der Waals surface area contributed by atoms with Gasteiger partial charge in [0, 0.05) is 16.3 Å². The molecule has 29 heavy (non-hydrogen) atoms. The second-order valence-corrected chi connectivity index (χ2v) is 6.90. The lowest BCUT2D eigenvalue weighted by Crippen LogP contribution is -2.10. The van der Waals surface area contributed by atoms with E-state index in [4.69, 9.17) is 11.6 Å². The minimum Gasteiger partial charge on any atom is -0.354 e. The lowest BCUT2D eigenvalue weighted by atomic mass is 10.00. The van der Waals surface area contributed by atoms with E-state index in [-0.39, 0.29) is 5.91 Å². The Bertz CT molecular complexity index is 1110. The molecule has 3 aromatic carbocycles. The zero-order chi connectivity index (χ0) is 20.6. The van der Waals surface area contributed by atoms with E-state index in [2.05, 4.69) is 10.6 Å². The molecule has 146 valence electrons. The number of anilines is 2. The highest BCUT2D eigenvalue weighted by Gasteiger charge is 2.31. The van der Waals surface area contributed by atoms with Gasteiger partial charge in [0.05, 0.1) is 22.5 Å². The zero-order valence-electron chi connectivity index (χ0n) is 14.8. The fourth-order valence-electron chi connectivity index (χ4n) is 3.16. The zero-order valence-corrected chi connectivity index (χ0v) is 15.6. The Morgan fingerprint density at radius 1 is 0.931 bits per heavy atom. The molecule has 0 bridgehead atoms. The summed E-state index contributed by atoms with van der Waals surface area (Å²) in [4.78, 5) is 12.7. The summed E-state index contributed by atoms with van der Waals surface area (Å²) in [6.45, 7) is 0. The Morgan fingerprint density at radius 3 is 2.28 bits per heavy atom. The monoisotopic (exact) mass is 414 g/mol. The number of carbonyl (C=O) groups excluding carboxylic acids is 1. The smallest absolute Gasteiger partial charge is 0.354 e. The van der Waals surface area contributed by atoms with E-state index in [9.17, 15) is 18.0 Å². The second-order valence-electron chi connectivity index (χ2n) is 6.46. The summed E-state index contributed by atoms with van der Waals surface area (Å²) in [6.07, 6.45) is -4.41. The largest absolute Gasteiger partial charge is 0.416 e. The third kappa shape index (κ3) is 3.84. The van der Waals surface area contributed by atoms with Crippen LogP contribution in [0.25, 0.3) is 11.3 Å². The molecule has 0 saturated carbocycles. The molecule has 0 radical (unpaired) electrons. The minimum atomic E-state index is -4.41. The van der Waals surface area contributed by atoms with Crippen molar-refractivity contribution in [3.8, 4) is 0 Å². The summed E-state index contributed by atoms with van der Waals surface area (Å²) in [5.41, 5.74) is 2.54. The van der Waals surface area contributed by atoms with E-state index in [1.54, 1.807) is 18.2 Å². The molecule has 0 saturated heterocycles. The van der Waals surface area contributed by atoms with E-state index < -0.39 is 11.7 Å². The third-order valence-electron chi connectivity index (χ3n) is 4.52. The van der Waals surface area contributed by atoms with Gasteiger partial charge in [0.25, 0.3) is 5.91 Å². The molecule has 1 aliphatic rings. The number of nitrogens with one attached hydrogen (secondary N) is 2. The van der Waals surface area contributed by atoms with Crippen LogP contribution in [0.2, 0.25) is 5.02 Å². The maximum absolute atomic E-state index is 12.8. The molecule has 0 atom stereocenters. The van der Waals surface area contributed by atoms with Gasteiger partial charge in [-0.2, -0.15) is 13.2 Å². The Labute approximate surface area is 169 Å². The number of fused-ring (bicyclic) bond motifs is 1. The molecule has 0 unspecified atom stereocenters. The van der Waals surface area contributed by atoms with Crippen molar-refractivity contribution in [3.63, 3.8) is 0 Å². The van der Waals surface area contributed by atoms with Crippen LogP contribution in [0.1, 0.15) is 16.7 Å². The predicted molar refractivity (Wildman–Crippen MR) is 108 cm³/mol. The van der Waals surface area contributed by atoms with Crippen LogP contribution < -0.4 is 10.6 Å². The first-order valence-corrected chi connectivity index (χ1v) is 9.06. The number of hydrogen-bond acceptors (Lipinski definition) is 2. The highest BCUT2D eigenvalue weighted by atomic mass is 35.5. The Hall–Kier alpha value is -3.25. The number of hydrogen-bond donors (Lipinski definition) is 2. The van der Waals surface area contributed by atoms with Gasteiger partial charge in [-0.15, -0.1) is 0 Å². The predicted octanol–water partition coefficient (Wildman–Crippen LogP) is 6.29. The molecular weight excluding hydrogens is 401 g/mol. The molecule has 2 N–H and O–H groups in total. The average Bonchev–Trinajstić information content (AvgIpc) is 3.01. The van der Waals surface area contributed by atoms with E-state index in [0.29, 0.717) is 33.2 Å². The van der Waals surface area contributed by atoms with Crippen molar-refractivity contribution in [2.45, 2.75) is 6.18 Å². The van der Waals surface area contributed by atoms with Gasteiger partial charge >= 0.3 is 6.18 Å². The SMILES string of the molecule is O=C1Nc2cc(Cl)ccc2/C1=C(/Nc1ccc(C(F)(F)F)cc1)c1ccccc1. The van der Waals surface area contributed by atoms with Crippen molar-refractivity contribution in [2.75, 3.05) is 10.6 Å². The van der Waals surface area contributed by atoms with Gasteiger partial charge in [-0.05, 0) is 42.0 Å². The summed E-state index contributed by atoms with van der Waals surface area (Å²) >= 11 is 6.02. The van der Waals surface area contributed by atoms with Crippen LogP contribution in [0.4, 0.5) is 24.5 Å². The number of amides is 1. The minimum absolute atomic E-state index is 0.319. The second kappa shape index (κ2) is 7.29. The summed E-state index contributed by atoms with van der Waals surface area (Å²) in [6, 6.07) is 18.9. The van der Waals surface area contributed by atoms with Gasteiger partial charge in [-0.25, -0.2) is 0 Å². The Morgan fingerprint density at radius 2 is 1.62 bits per heavy atom. The molecule has 1 heterocycles. The molecular formula is C22H14ClF3N2O. The van der Waals surface area contributed by atoms with Crippen LogP contribution in [0.15, 0.2) is 72.8 Å². The van der Waals surface area contributed by atoms with Crippen LogP contribution >= 0.6 is 11.6 Å². The summed E-state index contributed by atoms with van der Waals surface area (Å²) in [5, 5.41) is 6.39. The highest BCUT2D eigenvalue weighted by Crippen LogP contribution is 2.39. The van der Waals surface area contributed by atoms with E-state index >= 15 is 0 Å². The molecule has 0 spiro atoms. The Balaban J connectivity index is 1.82. The maximum Gasteiger partial charge on any atom is 0.416 e. The molecule has 1 amide bonds. The van der Waals surface area contributed by atoms with Crippen molar-refractivity contribution < 1.29 is 18.0 Å². The first-order valence-electron chi connectivity index (χ1n) is 8.68. The molecule has 0 fully saturated rings. The molecule has 7 heteroatoms. The fraction of sp³-hybridized carbons (Fsp3) is 0.0455. The molecule has 0 aliphatic carbocycles. The molecule has 3 nitrogen and oxygen atoms in total. The third-order valence-corrected chi connectivity index (χ3v) is 4.76. The maximum atomic E-state index is 12.8. The van der Waals surface area contributed by atoms with Crippen LogP contribution in [0, 0.1) is 0 Å². The number of rotatable bonds is 3. The molecule has 4 rings (SSSR count). The van der Waals surface area contributed by atoms with Crippen LogP contribution in [0.5, 0.6) is 0 Å². The average molecular weight is 415 g/mol. The van der Waals surface area contributed by atoms with Crippen molar-refractivity contribution in [3.05, 3.63) is 94.5 Å². The lowest BCUT2D eigenvalue weighted by Gasteiger charge is -2.15. The van der Waals surface area contributed by atoms with Crippen LogP contribution in [-0.2, 0) is 11.0 Å². The standard InChI is InChI=1S/C22H14ClF3N2O/c23-15-8-11-17-18(12-15)28-21(29)19(17)20(13-4-2-1-3-5-13)27-16-9-6-14(7-10-16)22(24,25)26/h1-12,27H,(H,28,29)/b20-19-. The summed E-state index contributed by atoms with van der Waals surface area (Å²) in [7, 11) is 0. The van der Waals surface area contributed by atoms with Crippen LogP contribution in [-0.4, -0.2) is 5.91 Å². The summed E-state index contributed by atoms with van der Waals surface area (Å²) < 4.78 is 38.5. The topological polar surface area (TPSA) is 41.1 Å². The number of alkyl halides is 3. The molecule has 1 aliphatic heterocycles. The normalized spacial score (nSPS) is 15.0. The van der Waals surface area contributed by atoms with Gasteiger partial charge in [-0.1, -0.05) is 48.0 Å². The van der Waals surface area contributed by atoms with Crippen molar-refractivity contribution in [1.29, 1.82) is 0 Å². The number of halogens is 4. The fourth-order valence-corrected chi connectivity index (χ4v) is 3.34.